The normalized spacial score (nSPS) is 10.0. The van der Waals surface area contributed by atoms with Crippen molar-refractivity contribution >= 4 is 27.7 Å². The fourth-order valence-corrected chi connectivity index (χ4v) is 1.59. The second-order valence-corrected chi connectivity index (χ2v) is 4.63. The van der Waals surface area contributed by atoms with E-state index in [1.54, 1.807) is 7.05 Å². The molecule has 0 spiro atoms. The highest BCUT2D eigenvalue weighted by Crippen LogP contribution is 2.17. The van der Waals surface area contributed by atoms with Crippen LogP contribution in [-0.2, 0) is 4.79 Å². The molecule has 0 aliphatic carbocycles. The van der Waals surface area contributed by atoms with Crippen molar-refractivity contribution in [3.8, 4) is 0 Å². The molecule has 0 heterocycles. The van der Waals surface area contributed by atoms with Gasteiger partial charge >= 0.3 is 0 Å². The number of hydrogen-bond donors (Lipinski definition) is 1. The van der Waals surface area contributed by atoms with Crippen LogP contribution in [0.4, 0.5) is 4.39 Å². The smallest absolute Gasteiger partial charge is 0.253 e. The summed E-state index contributed by atoms with van der Waals surface area (Å²) >= 11 is 3.02. The Labute approximate surface area is 113 Å². The van der Waals surface area contributed by atoms with Crippen LogP contribution in [0.5, 0.6) is 0 Å². The zero-order valence-corrected chi connectivity index (χ0v) is 11.8. The van der Waals surface area contributed by atoms with Crippen molar-refractivity contribution in [3.63, 3.8) is 0 Å². The third-order valence-corrected chi connectivity index (χ3v) is 3.11. The van der Waals surface area contributed by atoms with Crippen LogP contribution in [0, 0.1) is 5.82 Å². The van der Waals surface area contributed by atoms with E-state index in [0.717, 1.165) is 0 Å². The lowest BCUT2D eigenvalue weighted by molar-refractivity contribution is -0.120. The van der Waals surface area contributed by atoms with Crippen LogP contribution in [0.15, 0.2) is 22.7 Å². The van der Waals surface area contributed by atoms with E-state index in [-0.39, 0.29) is 30.3 Å². The predicted octanol–water partition coefficient (Wildman–Crippen LogP) is 1.80. The molecule has 4 nitrogen and oxygen atoms in total. The molecular formula is C12H14BrFN2O2. The molecule has 0 atom stereocenters. The summed E-state index contributed by atoms with van der Waals surface area (Å²) in [6, 6.07) is 4.18. The summed E-state index contributed by atoms with van der Waals surface area (Å²) < 4.78 is 13.6. The minimum Gasteiger partial charge on any atom is -0.359 e. The lowest BCUT2D eigenvalue weighted by Crippen LogP contribution is -2.31. The van der Waals surface area contributed by atoms with E-state index < -0.39 is 5.82 Å². The molecule has 0 fully saturated rings. The summed E-state index contributed by atoms with van der Waals surface area (Å²) in [5.74, 6) is -0.942. The molecule has 0 bridgehead atoms. The fraction of sp³-hybridized carbons (Fsp3) is 0.333. The number of nitrogens with zero attached hydrogens (tertiary/aromatic N) is 1. The van der Waals surface area contributed by atoms with Gasteiger partial charge in [-0.25, -0.2) is 4.39 Å². The lowest BCUT2D eigenvalue weighted by atomic mass is 10.2. The first-order valence-electron chi connectivity index (χ1n) is 5.36. The first-order chi connectivity index (χ1) is 8.45. The number of hydrogen-bond acceptors (Lipinski definition) is 2. The molecule has 0 aliphatic rings. The van der Waals surface area contributed by atoms with Gasteiger partial charge in [-0.3, -0.25) is 9.59 Å². The van der Waals surface area contributed by atoms with E-state index in [4.69, 9.17) is 0 Å². The maximum Gasteiger partial charge on any atom is 0.253 e. The molecule has 0 aromatic heterocycles. The fourth-order valence-electron chi connectivity index (χ4n) is 1.35. The lowest BCUT2D eigenvalue weighted by Gasteiger charge is -2.16. The molecule has 0 saturated heterocycles. The van der Waals surface area contributed by atoms with E-state index in [1.165, 1.54) is 30.1 Å². The van der Waals surface area contributed by atoms with Gasteiger partial charge in [0.15, 0.2) is 0 Å². The number of halogens is 2. The van der Waals surface area contributed by atoms with Gasteiger partial charge in [0, 0.05) is 32.6 Å². The van der Waals surface area contributed by atoms with Gasteiger partial charge in [-0.05, 0) is 34.1 Å². The molecule has 2 amide bonds. The SMILES string of the molecule is CNC(=O)CCN(C)C(=O)c1ccc(Br)c(F)c1. The van der Waals surface area contributed by atoms with Crippen molar-refractivity contribution in [1.82, 2.24) is 10.2 Å². The van der Waals surface area contributed by atoms with Crippen LogP contribution in [-0.4, -0.2) is 37.4 Å². The second-order valence-electron chi connectivity index (χ2n) is 3.78. The Kier molecular flexibility index (Phi) is 5.27. The molecule has 6 heteroatoms. The maximum atomic E-state index is 13.3. The summed E-state index contributed by atoms with van der Waals surface area (Å²) in [7, 11) is 3.11. The largest absolute Gasteiger partial charge is 0.359 e. The van der Waals surface area contributed by atoms with Crippen molar-refractivity contribution in [1.29, 1.82) is 0 Å². The van der Waals surface area contributed by atoms with Crippen molar-refractivity contribution in [2.45, 2.75) is 6.42 Å². The molecule has 1 rings (SSSR count). The molecule has 0 unspecified atom stereocenters. The second kappa shape index (κ2) is 6.49. The molecule has 0 saturated carbocycles. The van der Waals surface area contributed by atoms with E-state index in [2.05, 4.69) is 21.2 Å². The Morgan fingerprint density at radius 1 is 1.44 bits per heavy atom. The van der Waals surface area contributed by atoms with Gasteiger partial charge in [-0.2, -0.15) is 0 Å². The van der Waals surface area contributed by atoms with Gasteiger partial charge in [-0.15, -0.1) is 0 Å². The number of rotatable bonds is 4. The Bertz CT molecular complexity index is 465. The van der Waals surface area contributed by atoms with E-state index in [9.17, 15) is 14.0 Å². The summed E-state index contributed by atoms with van der Waals surface area (Å²) in [5, 5.41) is 2.47. The number of carbonyl (C=O) groups excluding carboxylic acids is 2. The monoisotopic (exact) mass is 316 g/mol. The standard InChI is InChI=1S/C12H14BrFN2O2/c1-15-11(17)5-6-16(2)12(18)8-3-4-9(13)10(14)7-8/h3-4,7H,5-6H2,1-2H3,(H,15,17). The maximum absolute atomic E-state index is 13.3. The average molecular weight is 317 g/mol. The molecule has 18 heavy (non-hydrogen) atoms. The Balaban J connectivity index is 2.68. The van der Waals surface area contributed by atoms with Crippen LogP contribution < -0.4 is 5.32 Å². The van der Waals surface area contributed by atoms with E-state index in [0.29, 0.717) is 4.47 Å². The number of nitrogens with one attached hydrogen (secondary N) is 1. The molecule has 1 aromatic carbocycles. The summed E-state index contributed by atoms with van der Waals surface area (Å²) in [4.78, 5) is 24.4. The van der Waals surface area contributed by atoms with Crippen molar-refractivity contribution in [2.24, 2.45) is 0 Å². The van der Waals surface area contributed by atoms with Crippen molar-refractivity contribution < 1.29 is 14.0 Å². The first kappa shape index (κ1) is 14.6. The average Bonchev–Trinajstić information content (AvgIpc) is 2.37. The van der Waals surface area contributed by atoms with Crippen LogP contribution in [0.1, 0.15) is 16.8 Å². The van der Waals surface area contributed by atoms with E-state index >= 15 is 0 Å². The minimum atomic E-state index is -0.486. The summed E-state index contributed by atoms with van der Waals surface area (Å²) in [6.07, 6.45) is 0.220. The van der Waals surface area contributed by atoms with Gasteiger partial charge < -0.3 is 10.2 Å². The van der Waals surface area contributed by atoms with Crippen LogP contribution in [0.3, 0.4) is 0 Å². The number of benzene rings is 1. The van der Waals surface area contributed by atoms with Gasteiger partial charge in [0.25, 0.3) is 5.91 Å². The van der Waals surface area contributed by atoms with Crippen molar-refractivity contribution in [2.75, 3.05) is 20.6 Å². The predicted molar refractivity (Wildman–Crippen MR) is 69.7 cm³/mol. The molecular weight excluding hydrogens is 303 g/mol. The summed E-state index contributed by atoms with van der Waals surface area (Å²) in [6.45, 7) is 0.288. The van der Waals surface area contributed by atoms with Crippen LogP contribution >= 0.6 is 15.9 Å². The third kappa shape index (κ3) is 3.80. The first-order valence-corrected chi connectivity index (χ1v) is 6.16. The topological polar surface area (TPSA) is 49.4 Å². The number of amides is 2. The highest BCUT2D eigenvalue weighted by molar-refractivity contribution is 9.10. The highest BCUT2D eigenvalue weighted by atomic mass is 79.9. The van der Waals surface area contributed by atoms with Crippen molar-refractivity contribution in [3.05, 3.63) is 34.1 Å². The minimum absolute atomic E-state index is 0.142. The quantitative estimate of drug-likeness (QED) is 0.920. The van der Waals surface area contributed by atoms with Gasteiger partial charge in [0.05, 0.1) is 4.47 Å². The highest BCUT2D eigenvalue weighted by Gasteiger charge is 2.14. The van der Waals surface area contributed by atoms with E-state index in [1.807, 2.05) is 0 Å². The van der Waals surface area contributed by atoms with Gasteiger partial charge in [0.2, 0.25) is 5.91 Å². The molecule has 98 valence electrons. The molecule has 0 aliphatic heterocycles. The third-order valence-electron chi connectivity index (χ3n) is 2.47. The molecule has 1 N–H and O–H groups in total. The molecule has 1 aromatic rings. The Morgan fingerprint density at radius 2 is 2.11 bits per heavy atom. The van der Waals surface area contributed by atoms with Gasteiger partial charge in [0.1, 0.15) is 5.82 Å². The zero-order valence-electron chi connectivity index (χ0n) is 10.2. The Hall–Kier alpha value is -1.43. The van der Waals surface area contributed by atoms with Gasteiger partial charge in [-0.1, -0.05) is 0 Å². The Morgan fingerprint density at radius 3 is 2.67 bits per heavy atom. The zero-order chi connectivity index (χ0) is 13.7. The molecule has 0 radical (unpaired) electrons. The van der Waals surface area contributed by atoms with Crippen LogP contribution in [0.2, 0.25) is 0 Å². The van der Waals surface area contributed by atoms with Crippen LogP contribution in [0.25, 0.3) is 0 Å². The number of carbonyl (C=O) groups is 2. The summed E-state index contributed by atoms with van der Waals surface area (Å²) in [5.41, 5.74) is 0.259.